The van der Waals surface area contributed by atoms with Crippen molar-refractivity contribution in [3.63, 3.8) is 0 Å². The molecule has 38 heavy (non-hydrogen) atoms. The number of nitriles is 1. The van der Waals surface area contributed by atoms with Gasteiger partial charge in [0.05, 0.1) is 17.6 Å². The Bertz CT molecular complexity index is 1510. The van der Waals surface area contributed by atoms with Gasteiger partial charge >= 0.3 is 5.97 Å². The summed E-state index contributed by atoms with van der Waals surface area (Å²) in [6.45, 7) is 5.49. The molecule has 1 N–H and O–H groups in total. The van der Waals surface area contributed by atoms with E-state index < -0.39 is 11.9 Å². The van der Waals surface area contributed by atoms with Crippen LogP contribution in [-0.2, 0) is 26.3 Å². The zero-order valence-corrected chi connectivity index (χ0v) is 21.2. The molecule has 2 amide bonds. The number of amides is 2. The van der Waals surface area contributed by atoms with Crippen molar-refractivity contribution >= 4 is 35.2 Å². The van der Waals surface area contributed by atoms with Crippen LogP contribution in [0, 0.1) is 17.2 Å². The Hall–Kier alpha value is -4.71. The molecule has 0 aliphatic carbocycles. The standard InChI is InChI=1S/C29H27N5O4/c1-29(2)18-34(28(38)21-14-26(35)33(17-21)22-5-3-4-19(12-22)15-30)24-7-6-20(13-23(24)29)16-32-11-10-31-25(32)8-9-27(36)37/h3-13,21H,14,16-18H2,1-2H3,(H,36,37)/b9-8+/t21-/m0/s1. The van der Waals surface area contributed by atoms with Crippen LogP contribution in [0.1, 0.15) is 42.8 Å². The van der Waals surface area contributed by atoms with E-state index >= 15 is 0 Å². The van der Waals surface area contributed by atoms with Gasteiger partial charge in [0.1, 0.15) is 5.82 Å². The van der Waals surface area contributed by atoms with Gasteiger partial charge in [0.25, 0.3) is 0 Å². The van der Waals surface area contributed by atoms with Gasteiger partial charge in [-0.1, -0.05) is 32.0 Å². The van der Waals surface area contributed by atoms with Crippen LogP contribution in [0.3, 0.4) is 0 Å². The maximum atomic E-state index is 13.7. The third-order valence-electron chi connectivity index (χ3n) is 7.14. The number of anilines is 2. The molecule has 0 radical (unpaired) electrons. The third-order valence-corrected chi connectivity index (χ3v) is 7.14. The highest BCUT2D eigenvalue weighted by molar-refractivity contribution is 6.05. The van der Waals surface area contributed by atoms with Crippen molar-refractivity contribution in [3.8, 4) is 6.07 Å². The van der Waals surface area contributed by atoms with Gasteiger partial charge in [0.2, 0.25) is 11.8 Å². The number of rotatable bonds is 6. The van der Waals surface area contributed by atoms with Crippen LogP contribution < -0.4 is 9.80 Å². The topological polar surface area (TPSA) is 120 Å². The zero-order valence-electron chi connectivity index (χ0n) is 21.2. The highest BCUT2D eigenvalue weighted by Gasteiger charge is 2.43. The van der Waals surface area contributed by atoms with Crippen LogP contribution in [0.4, 0.5) is 11.4 Å². The van der Waals surface area contributed by atoms with Crippen LogP contribution in [0.25, 0.3) is 6.08 Å². The Morgan fingerprint density at radius 3 is 2.82 bits per heavy atom. The highest BCUT2D eigenvalue weighted by Crippen LogP contribution is 2.42. The van der Waals surface area contributed by atoms with Crippen molar-refractivity contribution in [2.75, 3.05) is 22.9 Å². The maximum absolute atomic E-state index is 13.7. The van der Waals surface area contributed by atoms with Crippen LogP contribution in [0.2, 0.25) is 0 Å². The lowest BCUT2D eigenvalue weighted by Gasteiger charge is -2.23. The molecule has 5 rings (SSSR count). The van der Waals surface area contributed by atoms with Gasteiger partial charge in [-0.15, -0.1) is 0 Å². The third kappa shape index (κ3) is 4.68. The second-order valence-electron chi connectivity index (χ2n) is 10.3. The number of nitrogens with zero attached hydrogens (tertiary/aromatic N) is 5. The van der Waals surface area contributed by atoms with Gasteiger partial charge in [-0.05, 0) is 41.5 Å². The number of fused-ring (bicyclic) bond motifs is 1. The number of hydrogen-bond donors (Lipinski definition) is 1. The molecule has 2 aromatic carbocycles. The molecule has 0 saturated carbocycles. The smallest absolute Gasteiger partial charge is 0.328 e. The number of benzene rings is 2. The fourth-order valence-electron chi connectivity index (χ4n) is 5.26. The molecule has 1 atom stereocenters. The molecule has 2 aliphatic heterocycles. The number of carbonyl (C=O) groups is 3. The van der Waals surface area contributed by atoms with Gasteiger partial charge in [-0.2, -0.15) is 5.26 Å². The van der Waals surface area contributed by atoms with Crippen molar-refractivity contribution < 1.29 is 19.5 Å². The van der Waals surface area contributed by atoms with Crippen LogP contribution in [0.15, 0.2) is 60.9 Å². The predicted molar refractivity (Wildman–Crippen MR) is 141 cm³/mol. The largest absolute Gasteiger partial charge is 0.478 e. The molecule has 2 aliphatic rings. The normalized spacial score (nSPS) is 18.1. The molecule has 9 heteroatoms. The van der Waals surface area contributed by atoms with E-state index in [1.165, 1.54) is 6.08 Å². The summed E-state index contributed by atoms with van der Waals surface area (Å²) in [6.07, 6.45) is 6.08. The average Bonchev–Trinajstić information content (AvgIpc) is 3.58. The second-order valence-corrected chi connectivity index (χ2v) is 10.3. The minimum absolute atomic E-state index is 0.0763. The first kappa shape index (κ1) is 25.0. The number of aliphatic carboxylic acids is 1. The zero-order chi connectivity index (χ0) is 27.0. The van der Waals surface area contributed by atoms with Gasteiger partial charge in [0, 0.05) is 61.3 Å². The van der Waals surface area contributed by atoms with Gasteiger partial charge in [-0.3, -0.25) is 9.59 Å². The molecule has 1 fully saturated rings. The van der Waals surface area contributed by atoms with Crippen molar-refractivity contribution in [2.45, 2.75) is 32.2 Å². The molecular weight excluding hydrogens is 482 g/mol. The summed E-state index contributed by atoms with van der Waals surface area (Å²) < 4.78 is 1.87. The van der Waals surface area contributed by atoms with Crippen molar-refractivity contribution in [2.24, 2.45) is 5.92 Å². The minimum Gasteiger partial charge on any atom is -0.478 e. The Labute approximate surface area is 220 Å². The number of carboxylic acids is 1. The summed E-state index contributed by atoms with van der Waals surface area (Å²) in [5.74, 6) is -1.16. The van der Waals surface area contributed by atoms with Gasteiger partial charge in [-0.25, -0.2) is 9.78 Å². The van der Waals surface area contributed by atoms with E-state index in [1.807, 2.05) is 16.7 Å². The predicted octanol–water partition coefficient (Wildman–Crippen LogP) is 3.58. The molecule has 3 heterocycles. The Morgan fingerprint density at radius 1 is 1.24 bits per heavy atom. The molecule has 3 aromatic rings. The van der Waals surface area contributed by atoms with Crippen molar-refractivity contribution in [1.82, 2.24) is 9.55 Å². The fraction of sp³-hybridized carbons (Fsp3) is 0.276. The van der Waals surface area contributed by atoms with Gasteiger partial charge in [0.15, 0.2) is 0 Å². The number of carbonyl (C=O) groups excluding carboxylic acids is 2. The number of aromatic nitrogens is 2. The lowest BCUT2D eigenvalue weighted by molar-refractivity contribution is -0.131. The highest BCUT2D eigenvalue weighted by atomic mass is 16.4. The monoisotopic (exact) mass is 509 g/mol. The summed E-state index contributed by atoms with van der Waals surface area (Å²) >= 11 is 0. The van der Waals surface area contributed by atoms with E-state index in [-0.39, 0.29) is 30.2 Å². The average molecular weight is 510 g/mol. The molecule has 0 bridgehead atoms. The van der Waals surface area contributed by atoms with E-state index in [1.54, 1.807) is 46.5 Å². The first-order valence-corrected chi connectivity index (χ1v) is 12.3. The van der Waals surface area contributed by atoms with Crippen LogP contribution >= 0.6 is 0 Å². The molecule has 1 aromatic heterocycles. The van der Waals surface area contributed by atoms with Crippen LogP contribution in [0.5, 0.6) is 0 Å². The van der Waals surface area contributed by atoms with E-state index in [9.17, 15) is 19.6 Å². The van der Waals surface area contributed by atoms with Crippen molar-refractivity contribution in [1.29, 1.82) is 5.26 Å². The molecule has 9 nitrogen and oxygen atoms in total. The fourth-order valence-corrected chi connectivity index (χ4v) is 5.26. The number of imidazole rings is 1. The molecule has 1 saturated heterocycles. The lowest BCUT2D eigenvalue weighted by atomic mass is 9.86. The van der Waals surface area contributed by atoms with Crippen LogP contribution in [-0.4, -0.2) is 45.5 Å². The molecular formula is C29H27N5O4. The Morgan fingerprint density at radius 2 is 2.05 bits per heavy atom. The van der Waals surface area contributed by atoms with Gasteiger partial charge < -0.3 is 19.5 Å². The molecule has 192 valence electrons. The Balaban J connectivity index is 1.36. The quantitative estimate of drug-likeness (QED) is 0.507. The minimum atomic E-state index is -1.04. The first-order valence-electron chi connectivity index (χ1n) is 12.3. The summed E-state index contributed by atoms with van der Waals surface area (Å²) in [4.78, 5) is 45.0. The van der Waals surface area contributed by atoms with E-state index in [2.05, 4.69) is 31.0 Å². The summed E-state index contributed by atoms with van der Waals surface area (Å²) in [5.41, 5.74) is 3.72. The maximum Gasteiger partial charge on any atom is 0.328 e. The molecule has 0 unspecified atom stereocenters. The number of hydrogen-bond acceptors (Lipinski definition) is 5. The Kier molecular flexibility index (Phi) is 6.33. The summed E-state index contributed by atoms with van der Waals surface area (Å²) in [7, 11) is 0. The van der Waals surface area contributed by atoms with E-state index in [4.69, 9.17) is 5.11 Å². The summed E-state index contributed by atoms with van der Waals surface area (Å²) in [5, 5.41) is 18.1. The first-order chi connectivity index (χ1) is 18.2. The molecule has 0 spiro atoms. The van der Waals surface area contributed by atoms with E-state index in [0.717, 1.165) is 22.9 Å². The SMILES string of the molecule is CC1(C)CN(C(=O)[C@H]2CC(=O)N(c3cccc(C#N)c3)C2)c2ccc(Cn3ccnc3/C=C/C(=O)O)cc21. The lowest BCUT2D eigenvalue weighted by Crippen LogP contribution is -2.39. The second kappa shape index (κ2) is 9.63. The van der Waals surface area contributed by atoms with Crippen molar-refractivity contribution in [3.05, 3.63) is 83.4 Å². The number of carboxylic acid groups (broad SMARTS) is 1. The van der Waals surface area contributed by atoms with E-state index in [0.29, 0.717) is 30.2 Å². The summed E-state index contributed by atoms with van der Waals surface area (Å²) in [6, 6.07) is 15.0.